The number of carbonyl (C=O) groups is 2. The molecule has 2 rings (SSSR count). The first-order valence-corrected chi connectivity index (χ1v) is 6.74. The smallest absolute Gasteiger partial charge is 0.326 e. The van der Waals surface area contributed by atoms with Crippen LogP contribution in [0.25, 0.3) is 0 Å². The van der Waals surface area contributed by atoms with Crippen molar-refractivity contribution in [3.8, 4) is 0 Å². The van der Waals surface area contributed by atoms with Crippen LogP contribution in [0, 0.1) is 0 Å². The summed E-state index contributed by atoms with van der Waals surface area (Å²) in [4.78, 5) is 24.6. The van der Waals surface area contributed by atoms with Crippen molar-refractivity contribution >= 4 is 23.6 Å². The fraction of sp³-hybridized carbons (Fsp3) is 0.333. The Labute approximate surface area is 122 Å². The molecule has 0 bridgehead atoms. The Morgan fingerprint density at radius 2 is 1.90 bits per heavy atom. The van der Waals surface area contributed by atoms with Crippen LogP contribution in [-0.2, 0) is 4.79 Å². The van der Waals surface area contributed by atoms with Crippen LogP contribution in [0.5, 0.6) is 0 Å². The standard InChI is InChI=1S/C12H11F3N2O3S/c13-12(14,15)21-8-3-1-7(2-4-8)11(19)17-6-5-9(17)10(18)16-20/h1-4,9,20H,5-6H2,(H,16,18)/t9-/m1/s1. The summed E-state index contributed by atoms with van der Waals surface area (Å²) in [7, 11) is 0. The van der Waals surface area contributed by atoms with Crippen molar-refractivity contribution in [2.45, 2.75) is 22.9 Å². The first-order chi connectivity index (χ1) is 9.81. The molecule has 0 radical (unpaired) electrons. The van der Waals surface area contributed by atoms with Gasteiger partial charge in [-0.25, -0.2) is 5.48 Å². The minimum Gasteiger partial charge on any atom is -0.326 e. The van der Waals surface area contributed by atoms with E-state index in [4.69, 9.17) is 5.21 Å². The number of nitrogens with one attached hydrogen (secondary N) is 1. The van der Waals surface area contributed by atoms with E-state index in [-0.39, 0.29) is 22.2 Å². The lowest BCUT2D eigenvalue weighted by atomic mass is 10.0. The fourth-order valence-corrected chi connectivity index (χ4v) is 2.48. The molecule has 0 aromatic heterocycles. The van der Waals surface area contributed by atoms with Crippen molar-refractivity contribution < 1.29 is 28.0 Å². The highest BCUT2D eigenvalue weighted by Gasteiger charge is 2.38. The number of hydrogen-bond donors (Lipinski definition) is 2. The molecule has 1 aromatic rings. The average molecular weight is 320 g/mol. The van der Waals surface area contributed by atoms with Gasteiger partial charge in [-0.05, 0) is 42.4 Å². The van der Waals surface area contributed by atoms with E-state index in [0.717, 1.165) is 0 Å². The van der Waals surface area contributed by atoms with Gasteiger partial charge >= 0.3 is 5.51 Å². The highest BCUT2D eigenvalue weighted by atomic mass is 32.2. The van der Waals surface area contributed by atoms with Crippen LogP contribution in [-0.4, -0.2) is 40.0 Å². The molecule has 2 N–H and O–H groups in total. The third kappa shape index (κ3) is 3.67. The van der Waals surface area contributed by atoms with E-state index in [2.05, 4.69) is 0 Å². The molecule has 9 heteroatoms. The van der Waals surface area contributed by atoms with E-state index in [1.807, 2.05) is 0 Å². The maximum Gasteiger partial charge on any atom is 0.446 e. The third-order valence-electron chi connectivity index (χ3n) is 3.03. The Morgan fingerprint density at radius 3 is 2.33 bits per heavy atom. The Balaban J connectivity index is 2.05. The van der Waals surface area contributed by atoms with Crippen LogP contribution in [0.2, 0.25) is 0 Å². The van der Waals surface area contributed by atoms with Gasteiger partial charge in [-0.2, -0.15) is 13.2 Å². The quantitative estimate of drug-likeness (QED) is 0.508. The molecule has 1 aliphatic rings. The number of thioether (sulfide) groups is 1. The number of rotatable bonds is 3. The van der Waals surface area contributed by atoms with Crippen molar-refractivity contribution in [3.05, 3.63) is 29.8 Å². The number of hydroxylamine groups is 1. The molecule has 1 aliphatic heterocycles. The van der Waals surface area contributed by atoms with Gasteiger partial charge in [-0.3, -0.25) is 14.8 Å². The Morgan fingerprint density at radius 1 is 1.29 bits per heavy atom. The first kappa shape index (κ1) is 15.6. The van der Waals surface area contributed by atoms with Crippen molar-refractivity contribution in [2.75, 3.05) is 6.54 Å². The predicted molar refractivity (Wildman–Crippen MR) is 67.7 cm³/mol. The number of carbonyl (C=O) groups excluding carboxylic acids is 2. The summed E-state index contributed by atoms with van der Waals surface area (Å²) in [6, 6.07) is 4.22. The summed E-state index contributed by atoms with van der Waals surface area (Å²) >= 11 is -0.264. The second kappa shape index (κ2) is 5.94. The zero-order valence-corrected chi connectivity index (χ0v) is 11.4. The van der Waals surface area contributed by atoms with E-state index in [9.17, 15) is 22.8 Å². The summed E-state index contributed by atoms with van der Waals surface area (Å²) in [5.41, 5.74) is -2.71. The lowest BCUT2D eigenvalue weighted by Gasteiger charge is -2.39. The lowest BCUT2D eigenvalue weighted by Crippen LogP contribution is -2.57. The van der Waals surface area contributed by atoms with Crippen LogP contribution in [0.4, 0.5) is 13.2 Å². The molecule has 2 amide bonds. The molecule has 21 heavy (non-hydrogen) atoms. The van der Waals surface area contributed by atoms with Crippen molar-refractivity contribution in [1.82, 2.24) is 10.4 Å². The number of nitrogens with zero attached hydrogens (tertiary/aromatic N) is 1. The topological polar surface area (TPSA) is 69.6 Å². The maximum atomic E-state index is 12.2. The molecular formula is C12H11F3N2O3S. The third-order valence-corrected chi connectivity index (χ3v) is 3.77. The van der Waals surface area contributed by atoms with E-state index in [1.165, 1.54) is 34.6 Å². The molecule has 114 valence electrons. The highest BCUT2D eigenvalue weighted by Crippen LogP contribution is 2.36. The van der Waals surface area contributed by atoms with Crippen molar-refractivity contribution in [2.24, 2.45) is 0 Å². The van der Waals surface area contributed by atoms with Gasteiger partial charge in [0.05, 0.1) is 0 Å². The average Bonchev–Trinajstić information content (AvgIpc) is 2.36. The van der Waals surface area contributed by atoms with Gasteiger partial charge in [-0.15, -0.1) is 0 Å². The molecule has 5 nitrogen and oxygen atoms in total. The van der Waals surface area contributed by atoms with Gasteiger partial charge in [0.25, 0.3) is 11.8 Å². The SMILES string of the molecule is O=C(NO)[C@H]1CCN1C(=O)c1ccc(SC(F)(F)F)cc1. The fourth-order valence-electron chi connectivity index (χ4n) is 1.94. The first-order valence-electron chi connectivity index (χ1n) is 5.92. The number of hydrogen-bond acceptors (Lipinski definition) is 4. The van der Waals surface area contributed by atoms with Gasteiger partial charge in [-0.1, -0.05) is 0 Å². The number of benzene rings is 1. The lowest BCUT2D eigenvalue weighted by molar-refractivity contribution is -0.137. The van der Waals surface area contributed by atoms with Crippen molar-refractivity contribution in [3.63, 3.8) is 0 Å². The summed E-state index contributed by atoms with van der Waals surface area (Å²) in [6.07, 6.45) is 0.431. The number of amides is 2. The van der Waals surface area contributed by atoms with Crippen LogP contribution < -0.4 is 5.48 Å². The Hall–Kier alpha value is -1.74. The minimum atomic E-state index is -4.38. The second-order valence-electron chi connectivity index (χ2n) is 4.35. The summed E-state index contributed by atoms with van der Waals surface area (Å²) in [5, 5.41) is 8.54. The molecule has 0 spiro atoms. The molecule has 0 unspecified atom stereocenters. The molecular weight excluding hydrogens is 309 g/mol. The van der Waals surface area contributed by atoms with Gasteiger partial charge in [0.2, 0.25) is 0 Å². The number of alkyl halides is 3. The maximum absolute atomic E-state index is 12.2. The summed E-state index contributed by atoms with van der Waals surface area (Å²) < 4.78 is 36.6. The van der Waals surface area contributed by atoms with Crippen molar-refractivity contribution in [1.29, 1.82) is 0 Å². The van der Waals surface area contributed by atoms with Crippen LogP contribution in [0.3, 0.4) is 0 Å². The highest BCUT2D eigenvalue weighted by molar-refractivity contribution is 8.00. The predicted octanol–water partition coefficient (Wildman–Crippen LogP) is 2.02. The molecule has 0 aliphatic carbocycles. The number of likely N-dealkylation sites (tertiary alicyclic amines) is 1. The molecule has 0 saturated carbocycles. The van der Waals surface area contributed by atoms with Crippen LogP contribution in [0.15, 0.2) is 29.2 Å². The monoisotopic (exact) mass is 320 g/mol. The molecule has 1 atom stereocenters. The van der Waals surface area contributed by atoms with Crippen LogP contribution in [0.1, 0.15) is 16.8 Å². The zero-order valence-electron chi connectivity index (χ0n) is 10.6. The van der Waals surface area contributed by atoms with Gasteiger partial charge in [0.1, 0.15) is 6.04 Å². The van der Waals surface area contributed by atoms with Gasteiger partial charge < -0.3 is 4.90 Å². The van der Waals surface area contributed by atoms with E-state index >= 15 is 0 Å². The Kier molecular flexibility index (Phi) is 4.43. The molecule has 1 fully saturated rings. The molecule has 1 heterocycles. The molecule has 1 aromatic carbocycles. The largest absolute Gasteiger partial charge is 0.446 e. The second-order valence-corrected chi connectivity index (χ2v) is 5.49. The normalized spacial score (nSPS) is 18.1. The van der Waals surface area contributed by atoms with Gasteiger partial charge in [0, 0.05) is 17.0 Å². The zero-order chi connectivity index (χ0) is 15.6. The summed E-state index contributed by atoms with van der Waals surface area (Å²) in [5.74, 6) is -1.14. The molecule has 1 saturated heterocycles. The van der Waals surface area contributed by atoms with E-state index in [0.29, 0.717) is 13.0 Å². The minimum absolute atomic E-state index is 0.0210. The van der Waals surface area contributed by atoms with Gasteiger partial charge in [0.15, 0.2) is 0 Å². The van der Waals surface area contributed by atoms with E-state index < -0.39 is 23.4 Å². The van der Waals surface area contributed by atoms with Crippen LogP contribution >= 0.6 is 11.8 Å². The van der Waals surface area contributed by atoms with E-state index in [1.54, 1.807) is 0 Å². The summed E-state index contributed by atoms with van der Waals surface area (Å²) in [6.45, 7) is 0.357. The number of halogens is 3. The Bertz CT molecular complexity index is 548.